The highest BCUT2D eigenvalue weighted by Crippen LogP contribution is 2.31. The highest BCUT2D eigenvalue weighted by atomic mass is 16.5. The van der Waals surface area contributed by atoms with Gasteiger partial charge in [-0.25, -0.2) is 0 Å². The molecular weight excluding hydrogens is 348 g/mol. The third-order valence-corrected chi connectivity index (χ3v) is 5.38. The molecule has 1 amide bonds. The topological polar surface area (TPSA) is 101 Å². The summed E-state index contributed by atoms with van der Waals surface area (Å²) in [6.45, 7) is 1.09. The summed E-state index contributed by atoms with van der Waals surface area (Å²) in [6.07, 6.45) is 5.98. The minimum Gasteiger partial charge on any atom is -0.384 e. The van der Waals surface area contributed by atoms with Gasteiger partial charge in [-0.1, -0.05) is 5.16 Å². The molecule has 1 atom stereocenters. The summed E-state index contributed by atoms with van der Waals surface area (Å²) in [7, 11) is 1.62. The first-order valence-electron chi connectivity index (χ1n) is 9.55. The lowest BCUT2D eigenvalue weighted by Crippen LogP contribution is -2.41. The monoisotopic (exact) mass is 372 g/mol. The number of amides is 1. The number of rotatable bonds is 5. The molecule has 1 saturated heterocycles. The molecule has 0 radical (unpaired) electrons. The van der Waals surface area contributed by atoms with E-state index in [9.17, 15) is 9.59 Å². The number of piperidine rings is 1. The second-order valence-electron chi connectivity index (χ2n) is 7.17. The summed E-state index contributed by atoms with van der Waals surface area (Å²) < 4.78 is 10.5. The van der Waals surface area contributed by atoms with Gasteiger partial charge in [0.1, 0.15) is 11.6 Å². The zero-order valence-electron chi connectivity index (χ0n) is 15.5. The zero-order chi connectivity index (χ0) is 18.8. The molecule has 0 unspecified atom stereocenters. The Hall–Kier alpha value is -2.48. The molecule has 8 heteroatoms. The van der Waals surface area contributed by atoms with Gasteiger partial charge < -0.3 is 19.1 Å². The second-order valence-corrected chi connectivity index (χ2v) is 7.17. The van der Waals surface area contributed by atoms with Crippen LogP contribution in [0.15, 0.2) is 15.4 Å². The van der Waals surface area contributed by atoms with Crippen molar-refractivity contribution in [2.45, 2.75) is 51.0 Å². The summed E-state index contributed by atoms with van der Waals surface area (Å²) in [4.78, 5) is 34.7. The van der Waals surface area contributed by atoms with Crippen molar-refractivity contribution in [1.29, 1.82) is 0 Å². The van der Waals surface area contributed by atoms with Gasteiger partial charge in [0, 0.05) is 25.8 Å². The first-order valence-corrected chi connectivity index (χ1v) is 9.55. The number of aryl methyl sites for hydroxylation is 2. The van der Waals surface area contributed by atoms with Gasteiger partial charge in [0.25, 0.3) is 11.5 Å². The zero-order valence-corrected chi connectivity index (χ0v) is 15.5. The number of hydrogen-bond donors (Lipinski definition) is 1. The van der Waals surface area contributed by atoms with Crippen LogP contribution >= 0.6 is 0 Å². The maximum Gasteiger partial charge on any atom is 0.261 e. The van der Waals surface area contributed by atoms with Crippen LogP contribution in [0.2, 0.25) is 0 Å². The number of aromatic nitrogens is 3. The van der Waals surface area contributed by atoms with Gasteiger partial charge in [0.15, 0.2) is 5.82 Å². The van der Waals surface area contributed by atoms with Gasteiger partial charge >= 0.3 is 0 Å². The first kappa shape index (κ1) is 17.9. The van der Waals surface area contributed by atoms with Gasteiger partial charge in [-0.3, -0.25) is 9.59 Å². The van der Waals surface area contributed by atoms with Crippen LogP contribution in [0.5, 0.6) is 0 Å². The largest absolute Gasteiger partial charge is 0.384 e. The number of aromatic amines is 1. The Morgan fingerprint density at radius 3 is 3.11 bits per heavy atom. The highest BCUT2D eigenvalue weighted by Gasteiger charge is 2.34. The molecule has 4 rings (SSSR count). The summed E-state index contributed by atoms with van der Waals surface area (Å²) >= 11 is 0. The van der Waals surface area contributed by atoms with Crippen molar-refractivity contribution in [2.75, 3.05) is 20.3 Å². The molecule has 1 N–H and O–H groups in total. The molecule has 1 fully saturated rings. The third-order valence-electron chi connectivity index (χ3n) is 5.38. The lowest BCUT2D eigenvalue weighted by atomic mass is 10.0. The van der Waals surface area contributed by atoms with E-state index in [-0.39, 0.29) is 23.1 Å². The molecule has 3 heterocycles. The molecule has 0 aromatic carbocycles. The number of fused-ring (bicyclic) bond motifs is 1. The average molecular weight is 372 g/mol. The molecule has 27 heavy (non-hydrogen) atoms. The van der Waals surface area contributed by atoms with E-state index in [1.54, 1.807) is 18.1 Å². The van der Waals surface area contributed by atoms with Crippen LogP contribution in [0.3, 0.4) is 0 Å². The Morgan fingerprint density at radius 1 is 1.37 bits per heavy atom. The Balaban J connectivity index is 1.60. The predicted molar refractivity (Wildman–Crippen MR) is 96.6 cm³/mol. The molecular formula is C19H24N4O4. The van der Waals surface area contributed by atoms with Crippen molar-refractivity contribution in [3.8, 4) is 0 Å². The van der Waals surface area contributed by atoms with Crippen LogP contribution in [0.25, 0.3) is 0 Å². The van der Waals surface area contributed by atoms with Crippen LogP contribution in [0.1, 0.15) is 65.1 Å². The minimum atomic E-state index is -0.309. The van der Waals surface area contributed by atoms with Crippen molar-refractivity contribution in [3.63, 3.8) is 0 Å². The van der Waals surface area contributed by atoms with Crippen LogP contribution in [0.4, 0.5) is 0 Å². The third kappa shape index (κ3) is 3.53. The van der Waals surface area contributed by atoms with E-state index in [1.165, 1.54) is 0 Å². The predicted octanol–water partition coefficient (Wildman–Crippen LogP) is 1.80. The maximum atomic E-state index is 13.2. The quantitative estimate of drug-likeness (QED) is 0.859. The number of nitrogens with one attached hydrogen (secondary N) is 1. The molecule has 8 nitrogen and oxygen atoms in total. The van der Waals surface area contributed by atoms with Crippen LogP contribution in [-0.2, 0) is 24.0 Å². The molecule has 2 aliphatic rings. The summed E-state index contributed by atoms with van der Waals surface area (Å²) in [5.74, 6) is 0.749. The van der Waals surface area contributed by atoms with Crippen LogP contribution in [-0.4, -0.2) is 46.2 Å². The standard InChI is InChI=1S/C19H24N4O4/c1-26-10-8-16-21-18(27-22-16)15-7-2-3-9-23(15)19(25)13-11-12-5-4-6-14(12)20-17(13)24/h11,15H,2-10H2,1H3,(H,20,24)/t15-/m0/s1. The number of ether oxygens (including phenoxy) is 1. The number of carbonyl (C=O) groups excluding carboxylic acids is 1. The molecule has 2 aromatic rings. The Morgan fingerprint density at radius 2 is 2.26 bits per heavy atom. The molecule has 0 saturated carbocycles. The maximum absolute atomic E-state index is 13.2. The van der Waals surface area contributed by atoms with Gasteiger partial charge in [-0.05, 0) is 50.2 Å². The van der Waals surface area contributed by atoms with Gasteiger partial charge in [0.2, 0.25) is 5.89 Å². The van der Waals surface area contributed by atoms with Crippen molar-refractivity contribution in [2.24, 2.45) is 0 Å². The fraction of sp³-hybridized carbons (Fsp3) is 0.579. The Bertz CT molecular complexity index is 888. The van der Waals surface area contributed by atoms with E-state index in [0.29, 0.717) is 31.3 Å². The second kappa shape index (κ2) is 7.64. The number of H-pyrrole nitrogens is 1. The van der Waals surface area contributed by atoms with Gasteiger partial charge in [-0.2, -0.15) is 4.98 Å². The van der Waals surface area contributed by atoms with Crippen LogP contribution < -0.4 is 5.56 Å². The SMILES string of the molecule is COCCc1noc([C@@H]2CCCCN2C(=O)c2cc3c([nH]c2=O)CCC3)n1. The van der Waals surface area contributed by atoms with Crippen molar-refractivity contribution in [1.82, 2.24) is 20.0 Å². The van der Waals surface area contributed by atoms with Crippen molar-refractivity contribution in [3.05, 3.63) is 45.0 Å². The lowest BCUT2D eigenvalue weighted by Gasteiger charge is -2.33. The molecule has 144 valence electrons. The number of likely N-dealkylation sites (tertiary alicyclic amines) is 1. The Labute approximate surface area is 156 Å². The summed E-state index contributed by atoms with van der Waals surface area (Å²) in [5.41, 5.74) is 1.94. The average Bonchev–Trinajstić information content (AvgIpc) is 3.34. The number of nitrogens with zero attached hydrogens (tertiary/aromatic N) is 3. The van der Waals surface area contributed by atoms with Gasteiger partial charge in [-0.15, -0.1) is 0 Å². The van der Waals surface area contributed by atoms with Crippen LogP contribution in [0, 0.1) is 0 Å². The fourth-order valence-corrected chi connectivity index (χ4v) is 3.96. The van der Waals surface area contributed by atoms with Gasteiger partial charge in [0.05, 0.1) is 6.61 Å². The minimum absolute atomic E-state index is 0.210. The summed E-state index contributed by atoms with van der Waals surface area (Å²) in [6, 6.07) is 1.48. The highest BCUT2D eigenvalue weighted by molar-refractivity contribution is 5.94. The van der Waals surface area contributed by atoms with E-state index in [2.05, 4.69) is 15.1 Å². The van der Waals surface area contributed by atoms with E-state index in [4.69, 9.17) is 9.26 Å². The number of methoxy groups -OCH3 is 1. The molecule has 2 aromatic heterocycles. The van der Waals surface area contributed by atoms with E-state index >= 15 is 0 Å². The smallest absolute Gasteiger partial charge is 0.261 e. The molecule has 1 aliphatic carbocycles. The normalized spacial score (nSPS) is 19.3. The van der Waals surface area contributed by atoms with Crippen molar-refractivity contribution < 1.29 is 14.1 Å². The lowest BCUT2D eigenvalue weighted by molar-refractivity contribution is 0.0559. The van der Waals surface area contributed by atoms with E-state index in [1.807, 2.05) is 0 Å². The van der Waals surface area contributed by atoms with E-state index in [0.717, 1.165) is 49.8 Å². The first-order chi connectivity index (χ1) is 13.2. The molecule has 0 bridgehead atoms. The van der Waals surface area contributed by atoms with E-state index < -0.39 is 0 Å². The number of carbonyl (C=O) groups is 1. The fourth-order valence-electron chi connectivity index (χ4n) is 3.96. The summed E-state index contributed by atoms with van der Waals surface area (Å²) in [5, 5.41) is 3.99. The molecule has 0 spiro atoms. The number of pyridine rings is 1. The Kier molecular flexibility index (Phi) is 5.07. The molecule has 1 aliphatic heterocycles. The van der Waals surface area contributed by atoms with Crippen molar-refractivity contribution >= 4 is 5.91 Å². The number of hydrogen-bond acceptors (Lipinski definition) is 6.